The van der Waals surface area contributed by atoms with Crippen LogP contribution < -0.4 is 0 Å². The predicted molar refractivity (Wildman–Crippen MR) is 67.5 cm³/mol. The Hall–Kier alpha value is 0.867. The molecule has 0 aromatic rings. The second-order valence-corrected chi connectivity index (χ2v) is 14.0. The molecule has 0 radical (unpaired) electrons. The van der Waals surface area contributed by atoms with Gasteiger partial charge in [0.25, 0.3) is 0 Å². The molecule has 14 heavy (non-hydrogen) atoms. The molecule has 0 bridgehead atoms. The van der Waals surface area contributed by atoms with Crippen LogP contribution in [0.1, 0.15) is 20.8 Å². The molecule has 0 aromatic heterocycles. The Balaban J connectivity index is 5.11. The van der Waals surface area contributed by atoms with Gasteiger partial charge >= 0.3 is 0 Å². The monoisotopic (exact) mass is 276 g/mol. The molecule has 0 spiro atoms. The highest BCUT2D eigenvalue weighted by Gasteiger charge is 2.46. The number of hydrogen-bond acceptors (Lipinski definition) is 4. The molecule has 6 unspecified atom stereocenters. The molecule has 8 heteroatoms. The van der Waals surface area contributed by atoms with Crippen LogP contribution in [0.25, 0.3) is 0 Å². The van der Waals surface area contributed by atoms with E-state index in [1.165, 1.54) is 0 Å². The van der Waals surface area contributed by atoms with Crippen molar-refractivity contribution in [2.75, 3.05) is 0 Å². The molecule has 6 atom stereocenters. The highest BCUT2D eigenvalue weighted by Crippen LogP contribution is 2.34. The third-order valence-corrected chi connectivity index (χ3v) is 14.4. The van der Waals surface area contributed by atoms with Gasteiger partial charge in [0, 0.05) is 15.8 Å². The van der Waals surface area contributed by atoms with Crippen molar-refractivity contribution >= 4 is 33.7 Å². The lowest BCUT2D eigenvalue weighted by Gasteiger charge is -2.34. The maximum absolute atomic E-state index is 10.9. The maximum atomic E-state index is 10.9. The van der Waals surface area contributed by atoms with E-state index in [-0.39, 0.29) is 15.8 Å². The summed E-state index contributed by atoms with van der Waals surface area (Å²) in [5, 5.41) is -0.888. The summed E-state index contributed by atoms with van der Waals surface area (Å²) >= 11 is 0. The summed E-state index contributed by atoms with van der Waals surface area (Å²) in [4.78, 5) is 10.4. The van der Waals surface area contributed by atoms with Crippen LogP contribution in [0.5, 0.6) is 0 Å². The lowest BCUT2D eigenvalue weighted by Crippen LogP contribution is -2.58. The van der Waals surface area contributed by atoms with Crippen molar-refractivity contribution < 1.29 is 18.5 Å². The molecule has 0 aromatic carbocycles. The van der Waals surface area contributed by atoms with Gasteiger partial charge in [-0.25, -0.2) is 0 Å². The van der Waals surface area contributed by atoms with Gasteiger partial charge in [-0.2, -0.15) is 0 Å². The van der Waals surface area contributed by atoms with Gasteiger partial charge in [-0.15, -0.1) is 0 Å². The van der Waals surface area contributed by atoms with Crippen LogP contribution in [0.2, 0.25) is 0 Å². The van der Waals surface area contributed by atoms with Crippen molar-refractivity contribution in [2.45, 2.75) is 36.6 Å². The quantitative estimate of drug-likeness (QED) is 0.580. The molecule has 0 saturated carbocycles. The molecule has 0 aliphatic carbocycles. The minimum absolute atomic E-state index is 0.296. The molecule has 0 aliphatic rings. The second kappa shape index (κ2) is 6.45. The van der Waals surface area contributed by atoms with Crippen LogP contribution >= 0.6 is 25.4 Å². The zero-order valence-electron chi connectivity index (χ0n) is 8.64. The van der Waals surface area contributed by atoms with Gasteiger partial charge in [0.05, 0.1) is 25.4 Å². The molecule has 0 amide bonds. The fraction of sp³-hybridized carbons (Fsp3) is 1.00. The van der Waals surface area contributed by atoms with Crippen molar-refractivity contribution in [1.29, 1.82) is 0 Å². The molecule has 1 N–H and O–H groups in total. The Morgan fingerprint density at radius 2 is 1.07 bits per heavy atom. The minimum Gasteiger partial charge on any atom is -0.430 e. The summed E-state index contributed by atoms with van der Waals surface area (Å²) in [6.07, 6.45) is 0. The van der Waals surface area contributed by atoms with E-state index in [2.05, 4.69) is 0 Å². The van der Waals surface area contributed by atoms with E-state index in [1.54, 1.807) is 20.8 Å². The van der Waals surface area contributed by atoms with E-state index in [0.29, 0.717) is 0 Å². The Labute approximate surface area is 89.2 Å². The first-order valence-corrected chi connectivity index (χ1v) is 10.1. The molecule has 4 nitrogen and oxygen atoms in total. The van der Waals surface area contributed by atoms with Gasteiger partial charge in [0.1, 0.15) is 0 Å². The minimum atomic E-state index is -2.89. The first-order chi connectivity index (χ1) is 6.44. The van der Waals surface area contributed by atoms with Crippen molar-refractivity contribution in [3.05, 3.63) is 0 Å². The van der Waals surface area contributed by atoms with Crippen molar-refractivity contribution in [3.63, 3.8) is 0 Å². The zero-order chi connectivity index (χ0) is 11.4. The van der Waals surface area contributed by atoms with Crippen LogP contribution in [-0.4, -0.2) is 29.0 Å². The second-order valence-electron chi connectivity index (χ2n) is 3.66. The number of rotatable bonds is 6. The molecule has 0 fully saturated rings. The van der Waals surface area contributed by atoms with E-state index < -0.39 is 33.7 Å². The Morgan fingerprint density at radius 1 is 0.857 bits per heavy atom. The van der Waals surface area contributed by atoms with Gasteiger partial charge in [-0.1, -0.05) is 20.8 Å². The highest BCUT2D eigenvalue weighted by molar-refractivity contribution is 7.41. The average molecular weight is 276 g/mol. The maximum Gasteiger partial charge on any atom is 0.217 e. The first-order valence-electron chi connectivity index (χ1n) is 4.53. The summed E-state index contributed by atoms with van der Waals surface area (Å²) in [7, 11) is -6.15. The Kier molecular flexibility index (Phi) is 6.85. The SMILES string of the molecule is CC([PH2]=O)[Si](O)(C(C)[PH2]=O)C(C)[PH2]=O. The first kappa shape index (κ1) is 14.9. The smallest absolute Gasteiger partial charge is 0.217 e. The summed E-state index contributed by atoms with van der Waals surface area (Å²) in [5.41, 5.74) is 0. The van der Waals surface area contributed by atoms with Crippen LogP contribution in [0.4, 0.5) is 0 Å². The third kappa shape index (κ3) is 2.93. The number of hydrogen-bond donors (Lipinski definition) is 1. The van der Waals surface area contributed by atoms with E-state index in [9.17, 15) is 18.5 Å². The van der Waals surface area contributed by atoms with E-state index >= 15 is 0 Å². The fourth-order valence-electron chi connectivity index (χ4n) is 1.57. The predicted octanol–water partition coefficient (Wildman–Crippen LogP) is 0.976. The fourth-order valence-corrected chi connectivity index (χ4v) is 14.1. The largest absolute Gasteiger partial charge is 0.430 e. The molecule has 0 rings (SSSR count). The summed E-state index contributed by atoms with van der Waals surface area (Å²) in [5.74, 6) is 0. The van der Waals surface area contributed by atoms with E-state index in [0.717, 1.165) is 0 Å². The molecular formula is C6H19O4P3Si. The summed E-state index contributed by atoms with van der Waals surface area (Å²) < 4.78 is 32.7. The zero-order valence-corrected chi connectivity index (χ0v) is 13.1. The standard InChI is InChI=1S/C6H19O4P3Si/c1-4(11-7)14(10,5(2)12-8)6(3)13-9/h4-6,10H,11-13H2,1-3H3. The lowest BCUT2D eigenvalue weighted by atomic mass is 10.9. The normalized spacial score (nSPS) is 24.9. The van der Waals surface area contributed by atoms with E-state index in [4.69, 9.17) is 0 Å². The summed E-state index contributed by atoms with van der Waals surface area (Å²) in [6.45, 7) is 5.14. The average Bonchev–Trinajstić information content (AvgIpc) is 2.24. The third-order valence-electron chi connectivity index (χ3n) is 2.80. The van der Waals surface area contributed by atoms with E-state index in [1.807, 2.05) is 0 Å². The van der Waals surface area contributed by atoms with Crippen molar-refractivity contribution in [2.24, 2.45) is 0 Å². The van der Waals surface area contributed by atoms with Crippen LogP contribution in [0.15, 0.2) is 0 Å². The van der Waals surface area contributed by atoms with Crippen molar-refractivity contribution in [3.8, 4) is 0 Å². The Morgan fingerprint density at radius 3 is 1.21 bits per heavy atom. The van der Waals surface area contributed by atoms with Gasteiger partial charge in [0.2, 0.25) is 8.32 Å². The van der Waals surface area contributed by atoms with Gasteiger partial charge in [0.15, 0.2) is 0 Å². The summed E-state index contributed by atoms with van der Waals surface area (Å²) in [6, 6.07) is 0. The van der Waals surface area contributed by atoms with Gasteiger partial charge in [-0.3, -0.25) is 0 Å². The molecule has 0 aliphatic heterocycles. The van der Waals surface area contributed by atoms with Crippen LogP contribution in [0.3, 0.4) is 0 Å². The molecule has 0 heterocycles. The molecular weight excluding hydrogens is 257 g/mol. The Bertz CT molecular complexity index is 201. The van der Waals surface area contributed by atoms with Gasteiger partial charge < -0.3 is 18.5 Å². The van der Waals surface area contributed by atoms with Crippen molar-refractivity contribution in [1.82, 2.24) is 0 Å². The topological polar surface area (TPSA) is 71.4 Å². The molecule has 86 valence electrons. The van der Waals surface area contributed by atoms with Crippen LogP contribution in [0, 0.1) is 0 Å². The highest BCUT2D eigenvalue weighted by atomic mass is 31.1. The molecule has 0 saturated heterocycles. The lowest BCUT2D eigenvalue weighted by molar-refractivity contribution is 0.510. The van der Waals surface area contributed by atoms with Gasteiger partial charge in [-0.05, 0) is 0 Å². The van der Waals surface area contributed by atoms with Crippen LogP contribution in [-0.2, 0) is 13.7 Å².